The third kappa shape index (κ3) is 4.01. The molecule has 7 heteroatoms. The van der Waals surface area contributed by atoms with Gasteiger partial charge in [-0.1, -0.05) is 6.07 Å². The second kappa shape index (κ2) is 7.65. The molecule has 2 aromatic rings. The molecule has 2 N–H and O–H groups in total. The minimum Gasteiger partial charge on any atom is -0.497 e. The van der Waals surface area contributed by atoms with E-state index < -0.39 is 11.8 Å². The van der Waals surface area contributed by atoms with E-state index in [-0.39, 0.29) is 0 Å². The fourth-order valence-electron chi connectivity index (χ4n) is 1.95. The predicted octanol–water partition coefficient (Wildman–Crippen LogP) is 2.15. The van der Waals surface area contributed by atoms with Crippen LogP contribution in [0.15, 0.2) is 42.5 Å². The van der Waals surface area contributed by atoms with Gasteiger partial charge in [0, 0.05) is 11.8 Å². The van der Waals surface area contributed by atoms with E-state index in [9.17, 15) is 9.59 Å². The van der Waals surface area contributed by atoms with E-state index in [0.29, 0.717) is 28.4 Å². The van der Waals surface area contributed by atoms with Gasteiger partial charge in [-0.15, -0.1) is 0 Å². The topological polar surface area (TPSA) is 100 Å². The molecular weight excluding hydrogens is 310 g/mol. The lowest BCUT2D eigenvalue weighted by atomic mass is 10.2. The minimum absolute atomic E-state index is 0.308. The molecule has 24 heavy (non-hydrogen) atoms. The van der Waals surface area contributed by atoms with Gasteiger partial charge >= 0.3 is 11.8 Å². The molecule has 0 saturated carbocycles. The minimum atomic E-state index is -0.871. The number of carbonyl (C=O) groups excluding carboxylic acids is 2. The first-order valence-corrected chi connectivity index (χ1v) is 6.92. The molecule has 0 spiro atoms. The van der Waals surface area contributed by atoms with Gasteiger partial charge < -0.3 is 20.1 Å². The van der Waals surface area contributed by atoms with Crippen molar-refractivity contribution < 1.29 is 19.1 Å². The summed E-state index contributed by atoms with van der Waals surface area (Å²) < 4.78 is 10.2. The van der Waals surface area contributed by atoms with Crippen molar-refractivity contribution in [2.45, 2.75) is 0 Å². The molecule has 0 aliphatic carbocycles. The summed E-state index contributed by atoms with van der Waals surface area (Å²) in [7, 11) is 2.94. The Bertz CT molecular complexity index is 812. The summed E-state index contributed by atoms with van der Waals surface area (Å²) in [5.74, 6) is -0.837. The second-order valence-corrected chi connectivity index (χ2v) is 4.67. The fraction of sp³-hybridized carbons (Fsp3) is 0.118. The first-order chi connectivity index (χ1) is 11.6. The number of nitriles is 1. The Morgan fingerprint density at radius 3 is 2.42 bits per heavy atom. The molecule has 2 rings (SSSR count). The van der Waals surface area contributed by atoms with Gasteiger partial charge in [-0.05, 0) is 30.3 Å². The Kier molecular flexibility index (Phi) is 5.36. The van der Waals surface area contributed by atoms with Crippen molar-refractivity contribution >= 4 is 23.2 Å². The lowest BCUT2D eigenvalue weighted by Crippen LogP contribution is -2.29. The summed E-state index contributed by atoms with van der Waals surface area (Å²) in [6.07, 6.45) is 0. The lowest BCUT2D eigenvalue weighted by molar-refractivity contribution is -0.133. The van der Waals surface area contributed by atoms with Gasteiger partial charge in [0.05, 0.1) is 31.5 Å². The Morgan fingerprint density at radius 1 is 1.00 bits per heavy atom. The monoisotopic (exact) mass is 325 g/mol. The van der Waals surface area contributed by atoms with Crippen molar-refractivity contribution in [3.63, 3.8) is 0 Å². The first-order valence-electron chi connectivity index (χ1n) is 6.92. The van der Waals surface area contributed by atoms with Gasteiger partial charge in [0.1, 0.15) is 11.5 Å². The largest absolute Gasteiger partial charge is 0.497 e. The molecule has 0 bridgehead atoms. The summed E-state index contributed by atoms with van der Waals surface area (Å²) in [6.45, 7) is 0. The SMILES string of the molecule is COc1ccc(OC)c(NC(=O)C(=O)Nc2cccc(C#N)c2)c1. The van der Waals surface area contributed by atoms with Gasteiger partial charge in [0.15, 0.2) is 0 Å². The van der Waals surface area contributed by atoms with E-state index in [4.69, 9.17) is 14.7 Å². The Morgan fingerprint density at radius 2 is 1.75 bits per heavy atom. The van der Waals surface area contributed by atoms with Crippen molar-refractivity contribution in [1.82, 2.24) is 0 Å². The number of hydrogen-bond acceptors (Lipinski definition) is 5. The van der Waals surface area contributed by atoms with Gasteiger partial charge in [0.25, 0.3) is 0 Å². The van der Waals surface area contributed by atoms with Gasteiger partial charge in [-0.25, -0.2) is 0 Å². The number of nitrogens with one attached hydrogen (secondary N) is 2. The molecule has 7 nitrogen and oxygen atoms in total. The maximum atomic E-state index is 12.1. The van der Waals surface area contributed by atoms with Crippen LogP contribution in [0.3, 0.4) is 0 Å². The van der Waals surface area contributed by atoms with Crippen LogP contribution in [0.2, 0.25) is 0 Å². The van der Waals surface area contributed by atoms with Crippen LogP contribution in [-0.2, 0) is 9.59 Å². The zero-order valence-electron chi connectivity index (χ0n) is 13.1. The van der Waals surface area contributed by atoms with Crippen molar-refractivity contribution in [2.75, 3.05) is 24.9 Å². The van der Waals surface area contributed by atoms with Gasteiger partial charge in [0.2, 0.25) is 0 Å². The number of ether oxygens (including phenoxy) is 2. The number of nitrogens with zero attached hydrogens (tertiary/aromatic N) is 1. The highest BCUT2D eigenvalue weighted by Crippen LogP contribution is 2.28. The van der Waals surface area contributed by atoms with Crippen LogP contribution in [0.4, 0.5) is 11.4 Å². The van der Waals surface area contributed by atoms with Gasteiger partial charge in [-0.3, -0.25) is 9.59 Å². The molecule has 0 aromatic heterocycles. The van der Waals surface area contributed by atoms with Crippen molar-refractivity contribution in [1.29, 1.82) is 5.26 Å². The van der Waals surface area contributed by atoms with Crippen molar-refractivity contribution in [3.05, 3.63) is 48.0 Å². The average molecular weight is 325 g/mol. The molecule has 0 radical (unpaired) electrons. The van der Waals surface area contributed by atoms with Crippen LogP contribution in [-0.4, -0.2) is 26.0 Å². The summed E-state index contributed by atoms with van der Waals surface area (Å²) in [5.41, 5.74) is 1.04. The molecule has 0 saturated heterocycles. The smallest absolute Gasteiger partial charge is 0.314 e. The van der Waals surface area contributed by atoms with E-state index in [2.05, 4.69) is 10.6 Å². The maximum Gasteiger partial charge on any atom is 0.314 e. The van der Waals surface area contributed by atoms with E-state index >= 15 is 0 Å². The number of anilines is 2. The van der Waals surface area contributed by atoms with Gasteiger partial charge in [-0.2, -0.15) is 5.26 Å². The highest BCUT2D eigenvalue weighted by molar-refractivity contribution is 6.43. The highest BCUT2D eigenvalue weighted by atomic mass is 16.5. The standard InChI is InChI=1S/C17H15N3O4/c1-23-13-6-7-15(24-2)14(9-13)20-17(22)16(21)19-12-5-3-4-11(8-12)10-18/h3-9H,1-2H3,(H,19,21)(H,20,22). The van der Waals surface area contributed by atoms with E-state index in [1.165, 1.54) is 20.3 Å². The van der Waals surface area contributed by atoms with Crippen LogP contribution < -0.4 is 20.1 Å². The number of carbonyl (C=O) groups is 2. The lowest BCUT2D eigenvalue weighted by Gasteiger charge is -2.11. The van der Waals surface area contributed by atoms with E-state index in [1.54, 1.807) is 36.4 Å². The highest BCUT2D eigenvalue weighted by Gasteiger charge is 2.17. The number of rotatable bonds is 4. The molecule has 0 aliphatic rings. The molecule has 2 amide bonds. The summed E-state index contributed by atoms with van der Waals surface area (Å²) in [4.78, 5) is 24.0. The molecule has 2 aromatic carbocycles. The molecule has 0 unspecified atom stereocenters. The number of amides is 2. The average Bonchev–Trinajstić information content (AvgIpc) is 2.61. The first kappa shape index (κ1) is 16.8. The third-order valence-corrected chi connectivity index (χ3v) is 3.11. The zero-order chi connectivity index (χ0) is 17.5. The predicted molar refractivity (Wildman–Crippen MR) is 88.0 cm³/mol. The van der Waals surface area contributed by atoms with Crippen molar-refractivity contribution in [2.24, 2.45) is 0 Å². The number of benzene rings is 2. The number of hydrogen-bond donors (Lipinski definition) is 2. The summed E-state index contributed by atoms with van der Waals surface area (Å²) in [6, 6.07) is 13.0. The molecule has 0 fully saturated rings. The van der Waals surface area contributed by atoms with Crippen LogP contribution in [0.25, 0.3) is 0 Å². The van der Waals surface area contributed by atoms with Crippen molar-refractivity contribution in [3.8, 4) is 17.6 Å². The Hall–Kier alpha value is -3.53. The summed E-state index contributed by atoms with van der Waals surface area (Å²) in [5, 5.41) is 13.7. The maximum absolute atomic E-state index is 12.1. The number of methoxy groups -OCH3 is 2. The third-order valence-electron chi connectivity index (χ3n) is 3.11. The summed E-state index contributed by atoms with van der Waals surface area (Å²) >= 11 is 0. The molecule has 0 heterocycles. The van der Waals surface area contributed by atoms with E-state index in [1.807, 2.05) is 6.07 Å². The molecule has 0 aliphatic heterocycles. The zero-order valence-corrected chi connectivity index (χ0v) is 13.1. The van der Waals surface area contributed by atoms with Crippen LogP contribution in [0.5, 0.6) is 11.5 Å². The normalized spacial score (nSPS) is 9.54. The van der Waals surface area contributed by atoms with E-state index in [0.717, 1.165) is 0 Å². The van der Waals surface area contributed by atoms with Crippen LogP contribution >= 0.6 is 0 Å². The molecule has 122 valence electrons. The van der Waals surface area contributed by atoms with Crippen LogP contribution in [0, 0.1) is 11.3 Å². The Balaban J connectivity index is 2.11. The quantitative estimate of drug-likeness (QED) is 0.839. The van der Waals surface area contributed by atoms with Crippen LogP contribution in [0.1, 0.15) is 5.56 Å². The second-order valence-electron chi connectivity index (χ2n) is 4.67. The molecular formula is C17H15N3O4. The fourth-order valence-corrected chi connectivity index (χ4v) is 1.95. The molecule has 0 atom stereocenters. The Labute approximate surface area is 138 Å².